The van der Waals surface area contributed by atoms with Crippen LogP contribution in [0.1, 0.15) is 76.2 Å². The molecule has 1 aromatic carbocycles. The van der Waals surface area contributed by atoms with E-state index in [9.17, 15) is 0 Å². The molecular weight excluding hydrogens is 270 g/mol. The van der Waals surface area contributed by atoms with E-state index in [4.69, 9.17) is 10.00 Å². The molecule has 0 spiro atoms. The van der Waals surface area contributed by atoms with Crippen LogP contribution in [0.25, 0.3) is 0 Å². The van der Waals surface area contributed by atoms with Crippen LogP contribution in [0, 0.1) is 17.2 Å². The summed E-state index contributed by atoms with van der Waals surface area (Å²) in [6, 6.07) is 11.0. The third-order valence-corrected chi connectivity index (χ3v) is 4.78. The van der Waals surface area contributed by atoms with Crippen molar-refractivity contribution in [1.82, 2.24) is 0 Å². The van der Waals surface area contributed by atoms with E-state index in [1.165, 1.54) is 31.2 Å². The number of unbranched alkanes of at least 4 members (excludes halogenated alkanes) is 4. The zero-order valence-electron chi connectivity index (χ0n) is 13.9. The van der Waals surface area contributed by atoms with Crippen molar-refractivity contribution in [2.75, 3.05) is 6.61 Å². The average molecular weight is 299 g/mol. The molecule has 0 atom stereocenters. The topological polar surface area (TPSA) is 33.0 Å². The minimum atomic E-state index is 0.284. The van der Waals surface area contributed by atoms with Crippen LogP contribution in [0.4, 0.5) is 0 Å². The van der Waals surface area contributed by atoms with Crippen molar-refractivity contribution in [3.05, 3.63) is 29.8 Å². The first-order chi connectivity index (χ1) is 10.8. The molecule has 0 saturated heterocycles. The molecule has 1 aliphatic rings. The first-order valence-electron chi connectivity index (χ1n) is 8.96. The van der Waals surface area contributed by atoms with E-state index in [2.05, 4.69) is 37.3 Å². The SMILES string of the molecule is CCCCCCCOc1ccc(C2CCC(C#N)CC2)cc1. The van der Waals surface area contributed by atoms with Crippen LogP contribution in [0.3, 0.4) is 0 Å². The van der Waals surface area contributed by atoms with Gasteiger partial charge < -0.3 is 4.74 Å². The Morgan fingerprint density at radius 2 is 1.68 bits per heavy atom. The highest BCUT2D eigenvalue weighted by Gasteiger charge is 2.21. The largest absolute Gasteiger partial charge is 0.494 e. The van der Waals surface area contributed by atoms with Gasteiger partial charge in [-0.15, -0.1) is 0 Å². The second-order valence-corrected chi connectivity index (χ2v) is 6.51. The number of nitriles is 1. The van der Waals surface area contributed by atoms with Crippen LogP contribution in [0.5, 0.6) is 5.75 Å². The predicted molar refractivity (Wildman–Crippen MR) is 91.0 cm³/mol. The molecule has 0 aliphatic heterocycles. The molecule has 0 bridgehead atoms. The second-order valence-electron chi connectivity index (χ2n) is 6.51. The van der Waals surface area contributed by atoms with Gasteiger partial charge in [0.25, 0.3) is 0 Å². The fourth-order valence-corrected chi connectivity index (χ4v) is 3.29. The fourth-order valence-electron chi connectivity index (χ4n) is 3.29. The van der Waals surface area contributed by atoms with E-state index in [1.54, 1.807) is 0 Å². The Morgan fingerprint density at radius 1 is 1.00 bits per heavy atom. The fraction of sp³-hybridized carbons (Fsp3) is 0.650. The number of ether oxygens (including phenoxy) is 1. The Morgan fingerprint density at radius 3 is 2.32 bits per heavy atom. The van der Waals surface area contributed by atoms with E-state index >= 15 is 0 Å². The zero-order chi connectivity index (χ0) is 15.6. The van der Waals surface area contributed by atoms with Crippen molar-refractivity contribution in [1.29, 1.82) is 5.26 Å². The molecule has 0 aromatic heterocycles. The number of hydrogen-bond acceptors (Lipinski definition) is 2. The summed E-state index contributed by atoms with van der Waals surface area (Å²) in [5, 5.41) is 8.97. The van der Waals surface area contributed by atoms with Crippen molar-refractivity contribution in [3.63, 3.8) is 0 Å². The molecule has 2 rings (SSSR count). The average Bonchev–Trinajstić information content (AvgIpc) is 2.59. The Hall–Kier alpha value is -1.49. The van der Waals surface area contributed by atoms with Crippen LogP contribution in [-0.2, 0) is 0 Å². The van der Waals surface area contributed by atoms with Gasteiger partial charge in [0, 0.05) is 5.92 Å². The molecule has 0 unspecified atom stereocenters. The monoisotopic (exact) mass is 299 g/mol. The van der Waals surface area contributed by atoms with Crippen LogP contribution in [0.2, 0.25) is 0 Å². The Bertz CT molecular complexity index is 452. The lowest BCUT2D eigenvalue weighted by molar-refractivity contribution is 0.304. The Labute approximate surface area is 135 Å². The first-order valence-corrected chi connectivity index (χ1v) is 8.96. The predicted octanol–water partition coefficient (Wildman–Crippen LogP) is 5.83. The van der Waals surface area contributed by atoms with Gasteiger partial charge in [0.1, 0.15) is 5.75 Å². The number of benzene rings is 1. The summed E-state index contributed by atoms with van der Waals surface area (Å²) >= 11 is 0. The molecule has 22 heavy (non-hydrogen) atoms. The highest BCUT2D eigenvalue weighted by molar-refractivity contribution is 5.29. The van der Waals surface area contributed by atoms with Crippen molar-refractivity contribution < 1.29 is 4.74 Å². The molecule has 1 saturated carbocycles. The van der Waals surface area contributed by atoms with E-state index in [0.717, 1.165) is 44.5 Å². The second kappa shape index (κ2) is 9.51. The van der Waals surface area contributed by atoms with Crippen LogP contribution in [0.15, 0.2) is 24.3 Å². The number of nitrogens with zero attached hydrogens (tertiary/aromatic N) is 1. The standard InChI is InChI=1S/C20H29NO/c1-2-3-4-5-6-15-22-20-13-11-19(12-14-20)18-9-7-17(16-21)8-10-18/h11-14,17-18H,2-10,15H2,1H3. The minimum absolute atomic E-state index is 0.284. The maximum atomic E-state index is 8.97. The van der Waals surface area contributed by atoms with E-state index in [-0.39, 0.29) is 5.92 Å². The van der Waals surface area contributed by atoms with Crippen LogP contribution in [-0.4, -0.2) is 6.61 Å². The molecule has 1 aliphatic carbocycles. The summed E-state index contributed by atoms with van der Waals surface area (Å²) in [6.45, 7) is 3.07. The van der Waals surface area contributed by atoms with Crippen LogP contribution < -0.4 is 4.74 Å². The normalized spacial score (nSPS) is 21.3. The minimum Gasteiger partial charge on any atom is -0.494 e. The summed E-state index contributed by atoms with van der Waals surface area (Å²) in [5.74, 6) is 1.91. The van der Waals surface area contributed by atoms with Gasteiger partial charge in [-0.25, -0.2) is 0 Å². The van der Waals surface area contributed by atoms with Gasteiger partial charge in [-0.1, -0.05) is 44.7 Å². The smallest absolute Gasteiger partial charge is 0.119 e. The highest BCUT2D eigenvalue weighted by atomic mass is 16.5. The van der Waals surface area contributed by atoms with Gasteiger partial charge in [0.05, 0.1) is 12.7 Å². The van der Waals surface area contributed by atoms with Gasteiger partial charge in [-0.05, 0) is 55.7 Å². The van der Waals surface area contributed by atoms with Crippen molar-refractivity contribution >= 4 is 0 Å². The van der Waals surface area contributed by atoms with Crippen molar-refractivity contribution in [3.8, 4) is 11.8 Å². The van der Waals surface area contributed by atoms with Gasteiger partial charge in [0.2, 0.25) is 0 Å². The lowest BCUT2D eigenvalue weighted by Crippen LogP contribution is -2.11. The summed E-state index contributed by atoms with van der Waals surface area (Å²) < 4.78 is 5.82. The molecule has 0 radical (unpaired) electrons. The third kappa shape index (κ3) is 5.37. The molecule has 1 fully saturated rings. The number of rotatable bonds is 8. The molecule has 0 N–H and O–H groups in total. The maximum absolute atomic E-state index is 8.97. The molecule has 0 amide bonds. The Balaban J connectivity index is 1.70. The number of hydrogen-bond donors (Lipinski definition) is 0. The highest BCUT2D eigenvalue weighted by Crippen LogP contribution is 2.35. The lowest BCUT2D eigenvalue weighted by Gasteiger charge is -2.25. The van der Waals surface area contributed by atoms with Crippen molar-refractivity contribution in [2.45, 2.75) is 70.6 Å². The summed E-state index contributed by atoms with van der Waals surface area (Å²) in [5.41, 5.74) is 1.41. The molecule has 1 aromatic rings. The van der Waals surface area contributed by atoms with E-state index < -0.39 is 0 Å². The van der Waals surface area contributed by atoms with E-state index in [1.807, 2.05) is 0 Å². The Kier molecular flexibility index (Phi) is 7.30. The van der Waals surface area contributed by atoms with Gasteiger partial charge in [-0.3, -0.25) is 0 Å². The molecule has 120 valence electrons. The quantitative estimate of drug-likeness (QED) is 0.565. The molecule has 2 heteroatoms. The third-order valence-electron chi connectivity index (χ3n) is 4.78. The maximum Gasteiger partial charge on any atom is 0.119 e. The zero-order valence-corrected chi connectivity index (χ0v) is 13.9. The lowest BCUT2D eigenvalue weighted by atomic mass is 9.79. The molecule has 0 heterocycles. The van der Waals surface area contributed by atoms with Gasteiger partial charge in [-0.2, -0.15) is 5.26 Å². The molecule has 2 nitrogen and oxygen atoms in total. The summed E-state index contributed by atoms with van der Waals surface area (Å²) in [6.07, 6.45) is 10.8. The van der Waals surface area contributed by atoms with Crippen molar-refractivity contribution in [2.24, 2.45) is 5.92 Å². The van der Waals surface area contributed by atoms with Gasteiger partial charge >= 0.3 is 0 Å². The summed E-state index contributed by atoms with van der Waals surface area (Å²) in [7, 11) is 0. The summed E-state index contributed by atoms with van der Waals surface area (Å²) in [4.78, 5) is 0. The van der Waals surface area contributed by atoms with Gasteiger partial charge in [0.15, 0.2) is 0 Å². The van der Waals surface area contributed by atoms with Crippen LogP contribution >= 0.6 is 0 Å². The van der Waals surface area contributed by atoms with E-state index in [0.29, 0.717) is 5.92 Å². The molecular formula is C20H29NO. The first kappa shape index (κ1) is 16.9.